The van der Waals surface area contributed by atoms with Crippen LogP contribution in [-0.2, 0) is 19.6 Å². The van der Waals surface area contributed by atoms with Gasteiger partial charge in [-0.1, -0.05) is 66.7 Å². The Hall–Kier alpha value is -4.62. The molecular weight excluding hydrogens is 502 g/mol. The van der Waals surface area contributed by atoms with E-state index in [1.165, 1.54) is 17.1 Å². The number of aliphatic hydroxyl groups excluding tert-OH is 1. The van der Waals surface area contributed by atoms with Gasteiger partial charge >= 0.3 is 0 Å². The zero-order valence-electron chi connectivity index (χ0n) is 22.4. The number of para-hydroxylation sites is 1. The van der Waals surface area contributed by atoms with Gasteiger partial charge in [0.15, 0.2) is 0 Å². The molecule has 0 aliphatic heterocycles. The number of nitrogens with zero attached hydrogens (tertiary/aromatic N) is 2. The number of carbonyl (C=O) groups excluding carboxylic acids is 1. The Kier molecular flexibility index (Phi) is 8.42. The smallest absolute Gasteiger partial charge is 0.268 e. The highest BCUT2D eigenvalue weighted by Gasteiger charge is 2.19. The molecule has 0 aliphatic carbocycles. The molecule has 7 heteroatoms. The molecule has 1 aromatic heterocycles. The average Bonchev–Trinajstić information content (AvgIpc) is 3.46. The van der Waals surface area contributed by atoms with Crippen molar-refractivity contribution in [2.45, 2.75) is 45.1 Å². The highest BCUT2D eigenvalue weighted by atomic mass is 16.5. The summed E-state index contributed by atoms with van der Waals surface area (Å²) in [6.45, 7) is 2.65. The molecule has 0 saturated heterocycles. The maximum Gasteiger partial charge on any atom is 0.268 e. The van der Waals surface area contributed by atoms with Crippen molar-refractivity contribution < 1.29 is 19.4 Å². The van der Waals surface area contributed by atoms with Crippen molar-refractivity contribution in [3.63, 3.8) is 0 Å². The maximum atomic E-state index is 11.4. The van der Waals surface area contributed by atoms with Crippen LogP contribution in [0.3, 0.4) is 0 Å². The fraction of sp³-hybridized carbons (Fsp3) is 0.212. The Balaban J connectivity index is 1.16. The quantitative estimate of drug-likeness (QED) is 0.209. The van der Waals surface area contributed by atoms with E-state index in [4.69, 9.17) is 15.2 Å². The van der Waals surface area contributed by atoms with Gasteiger partial charge in [0.2, 0.25) is 0 Å². The Bertz CT molecular complexity index is 1580. The predicted octanol–water partition coefficient (Wildman–Crippen LogP) is 5.85. The van der Waals surface area contributed by atoms with E-state index in [-0.39, 0.29) is 11.7 Å². The van der Waals surface area contributed by atoms with E-state index in [0.717, 1.165) is 28.2 Å². The normalized spacial score (nSPS) is 12.7. The molecule has 4 aromatic carbocycles. The van der Waals surface area contributed by atoms with Crippen LogP contribution in [0.2, 0.25) is 0 Å². The van der Waals surface area contributed by atoms with Crippen LogP contribution in [0.5, 0.6) is 11.5 Å². The Morgan fingerprint density at radius 1 is 0.900 bits per heavy atom. The molecule has 2 atom stereocenters. The second kappa shape index (κ2) is 12.5. The molecule has 5 aromatic rings. The number of hydrogen-bond donors (Lipinski definition) is 2. The number of imidazole rings is 1. The van der Waals surface area contributed by atoms with E-state index in [0.29, 0.717) is 26.1 Å². The summed E-state index contributed by atoms with van der Waals surface area (Å²) < 4.78 is 13.9. The number of ether oxygens (including phenoxy) is 2. The van der Waals surface area contributed by atoms with Crippen molar-refractivity contribution in [3.8, 4) is 11.5 Å². The monoisotopic (exact) mass is 535 g/mol. The van der Waals surface area contributed by atoms with Crippen LogP contribution < -0.4 is 15.2 Å². The summed E-state index contributed by atoms with van der Waals surface area (Å²) in [4.78, 5) is 15.5. The number of aryl methyl sites for hydroxylation is 1. The minimum Gasteiger partial charge on any atom is -0.489 e. The molecule has 2 unspecified atom stereocenters. The number of aliphatic hydroxyl groups is 1. The van der Waals surface area contributed by atoms with Gasteiger partial charge in [0.1, 0.15) is 30.4 Å². The zero-order chi connectivity index (χ0) is 27.9. The molecule has 3 N–H and O–H groups in total. The summed E-state index contributed by atoms with van der Waals surface area (Å²) in [7, 11) is 0. The lowest BCUT2D eigenvalue weighted by Gasteiger charge is -2.22. The number of benzene rings is 4. The number of hydrogen-bond acceptors (Lipinski definition) is 5. The molecule has 40 heavy (non-hydrogen) atoms. The first-order chi connectivity index (χ1) is 19.5. The van der Waals surface area contributed by atoms with Gasteiger partial charge < -0.3 is 24.9 Å². The molecule has 1 amide bonds. The van der Waals surface area contributed by atoms with Crippen LogP contribution in [0.4, 0.5) is 0 Å². The molecule has 204 valence electrons. The van der Waals surface area contributed by atoms with Crippen molar-refractivity contribution in [1.29, 1.82) is 0 Å². The number of nitrogens with two attached hydrogens (primary N) is 1. The largest absolute Gasteiger partial charge is 0.489 e. The van der Waals surface area contributed by atoms with Gasteiger partial charge in [0.05, 0.1) is 18.5 Å². The molecule has 0 spiro atoms. The van der Waals surface area contributed by atoms with Crippen molar-refractivity contribution in [2.24, 2.45) is 5.73 Å². The first kappa shape index (κ1) is 27.0. The number of aromatic nitrogens is 2. The van der Waals surface area contributed by atoms with E-state index in [1.54, 1.807) is 17.7 Å². The highest BCUT2D eigenvalue weighted by molar-refractivity contribution is 5.90. The maximum absolute atomic E-state index is 11.4. The van der Waals surface area contributed by atoms with Crippen molar-refractivity contribution in [2.75, 3.05) is 0 Å². The third kappa shape index (κ3) is 6.68. The lowest BCUT2D eigenvalue weighted by molar-refractivity contribution is 0.0994. The highest BCUT2D eigenvalue weighted by Crippen LogP contribution is 2.26. The zero-order valence-corrected chi connectivity index (χ0v) is 22.4. The van der Waals surface area contributed by atoms with Crippen LogP contribution in [-0.4, -0.2) is 26.7 Å². The number of amides is 1. The van der Waals surface area contributed by atoms with Crippen LogP contribution in [0, 0.1) is 0 Å². The molecule has 0 bridgehead atoms. The third-order valence-corrected chi connectivity index (χ3v) is 7.01. The molecule has 0 radical (unpaired) electrons. The van der Waals surface area contributed by atoms with Crippen LogP contribution in [0.1, 0.15) is 46.6 Å². The molecule has 1 heterocycles. The van der Waals surface area contributed by atoms with Crippen molar-refractivity contribution in [3.05, 3.63) is 126 Å². The first-order valence-corrected chi connectivity index (χ1v) is 13.4. The lowest BCUT2D eigenvalue weighted by atomic mass is 10.0. The van der Waals surface area contributed by atoms with Crippen LogP contribution >= 0.6 is 0 Å². The second-order valence-corrected chi connectivity index (χ2v) is 9.93. The minimum absolute atomic E-state index is 0.180. The van der Waals surface area contributed by atoms with Gasteiger partial charge in [-0.15, -0.1) is 0 Å². The summed E-state index contributed by atoms with van der Waals surface area (Å²) in [5.74, 6) is 1.01. The van der Waals surface area contributed by atoms with Gasteiger partial charge in [-0.2, -0.15) is 0 Å². The molecular formula is C33H33N3O4. The number of fused-ring (bicyclic) bond motifs is 1. The number of primary amides is 1. The fourth-order valence-corrected chi connectivity index (χ4v) is 4.78. The van der Waals surface area contributed by atoms with Gasteiger partial charge in [0.25, 0.3) is 5.91 Å². The summed E-state index contributed by atoms with van der Waals surface area (Å²) >= 11 is 0. The molecule has 5 rings (SSSR count). The van der Waals surface area contributed by atoms with E-state index in [2.05, 4.69) is 35.3 Å². The number of rotatable bonds is 12. The van der Waals surface area contributed by atoms with E-state index in [1.807, 2.05) is 60.7 Å². The summed E-state index contributed by atoms with van der Waals surface area (Å²) in [5, 5.41) is 12.8. The minimum atomic E-state index is -0.634. The fourth-order valence-electron chi connectivity index (χ4n) is 4.78. The summed E-state index contributed by atoms with van der Waals surface area (Å²) in [6, 6.07) is 30.3. The molecule has 0 fully saturated rings. The van der Waals surface area contributed by atoms with E-state index in [9.17, 15) is 9.90 Å². The Morgan fingerprint density at radius 2 is 1.60 bits per heavy atom. The third-order valence-electron chi connectivity index (χ3n) is 7.01. The SMILES string of the molecule is CC(O)C(CCc1ccccc1OCc1ccc(OCc2ccc3ccccc3c2)cc1)n1cnc(C(N)=O)c1. The van der Waals surface area contributed by atoms with E-state index >= 15 is 0 Å². The molecule has 0 aliphatic rings. The average molecular weight is 536 g/mol. The van der Waals surface area contributed by atoms with Gasteiger partial charge in [-0.05, 0) is 71.5 Å². The molecule has 0 saturated carbocycles. The lowest BCUT2D eigenvalue weighted by Crippen LogP contribution is -2.21. The first-order valence-electron chi connectivity index (χ1n) is 13.4. The second-order valence-electron chi connectivity index (χ2n) is 9.93. The van der Waals surface area contributed by atoms with Crippen molar-refractivity contribution >= 4 is 16.7 Å². The number of carbonyl (C=O) groups is 1. The Labute approximate surface area is 233 Å². The van der Waals surface area contributed by atoms with Gasteiger partial charge in [-0.25, -0.2) is 4.98 Å². The van der Waals surface area contributed by atoms with Crippen LogP contribution in [0.25, 0.3) is 10.8 Å². The van der Waals surface area contributed by atoms with Gasteiger partial charge in [-0.3, -0.25) is 4.79 Å². The van der Waals surface area contributed by atoms with Crippen molar-refractivity contribution in [1.82, 2.24) is 9.55 Å². The predicted molar refractivity (Wildman–Crippen MR) is 155 cm³/mol. The summed E-state index contributed by atoms with van der Waals surface area (Å²) in [6.07, 6.45) is 3.80. The standard InChI is InChI=1S/C33H33N3O4/c1-23(37)31(36-19-30(33(34)38)35-22-36)17-14-27-7-4-5-9-32(27)40-20-24-11-15-29(16-12-24)39-21-25-10-13-26-6-2-3-8-28(26)18-25/h2-13,15-16,18-19,22-23,31,37H,14,17,20-21H2,1H3,(H2,34,38). The Morgan fingerprint density at radius 3 is 2.35 bits per heavy atom. The molecule has 7 nitrogen and oxygen atoms in total. The van der Waals surface area contributed by atoms with Gasteiger partial charge in [0, 0.05) is 6.20 Å². The topological polar surface area (TPSA) is 99.6 Å². The summed E-state index contributed by atoms with van der Waals surface area (Å²) in [5.41, 5.74) is 8.71. The van der Waals surface area contributed by atoms with Crippen LogP contribution in [0.15, 0.2) is 104 Å². The van der Waals surface area contributed by atoms with E-state index < -0.39 is 12.0 Å².